The van der Waals surface area contributed by atoms with E-state index in [1.165, 1.54) is 37.6 Å². The van der Waals surface area contributed by atoms with Crippen LogP contribution < -0.4 is 0 Å². The number of carbonyl (C=O) groups excluding carboxylic acids is 1. The predicted octanol–water partition coefficient (Wildman–Crippen LogP) is 2.07. The lowest BCUT2D eigenvalue weighted by molar-refractivity contribution is 0.0603. The van der Waals surface area contributed by atoms with E-state index < -0.39 is 25.8 Å². The molecule has 0 unspecified atom stereocenters. The van der Waals surface area contributed by atoms with Crippen LogP contribution in [0.15, 0.2) is 64.5 Å². The molecule has 0 spiro atoms. The number of rotatable bonds is 4. The van der Waals surface area contributed by atoms with Crippen LogP contribution in [0, 0.1) is 0 Å². The number of aromatic nitrogens is 1. The van der Waals surface area contributed by atoms with E-state index in [0.717, 1.165) is 10.2 Å². The van der Waals surface area contributed by atoms with E-state index in [1.54, 1.807) is 24.3 Å². The number of fused-ring (bicyclic) bond motifs is 1. The third-order valence-corrected chi connectivity index (χ3v) is 6.71. The van der Waals surface area contributed by atoms with Gasteiger partial charge in [0.25, 0.3) is 10.0 Å². The van der Waals surface area contributed by atoms with Gasteiger partial charge in [-0.15, -0.1) is 0 Å². The Hall–Kier alpha value is -2.65. The fourth-order valence-corrected chi connectivity index (χ4v) is 4.59. The van der Waals surface area contributed by atoms with Gasteiger partial charge in [0, 0.05) is 17.8 Å². The number of hydrogen-bond donors (Lipinski definition) is 0. The molecule has 2 aromatic carbocycles. The van der Waals surface area contributed by atoms with E-state index in [1.807, 2.05) is 0 Å². The molecule has 7 nitrogen and oxygen atoms in total. The summed E-state index contributed by atoms with van der Waals surface area (Å²) in [6.07, 6.45) is 2.24. The summed E-state index contributed by atoms with van der Waals surface area (Å²) in [4.78, 5) is 11.9. The van der Waals surface area contributed by atoms with E-state index in [4.69, 9.17) is 4.74 Å². The molecule has 3 aromatic rings. The molecule has 0 atom stereocenters. The summed E-state index contributed by atoms with van der Waals surface area (Å²) in [6.45, 7) is 0. The summed E-state index contributed by atoms with van der Waals surface area (Å²) in [5, 5.41) is 0.440. The second-order valence-electron chi connectivity index (χ2n) is 5.60. The number of carbonyl (C=O) groups is 1. The van der Waals surface area contributed by atoms with Crippen LogP contribution in [0.25, 0.3) is 10.9 Å². The second kappa shape index (κ2) is 6.26. The molecular weight excluding hydrogens is 378 g/mol. The van der Waals surface area contributed by atoms with Gasteiger partial charge in [0.15, 0.2) is 9.84 Å². The van der Waals surface area contributed by atoms with Gasteiger partial charge in [0.2, 0.25) is 0 Å². The van der Waals surface area contributed by atoms with E-state index in [2.05, 4.69) is 0 Å². The van der Waals surface area contributed by atoms with Crippen LogP contribution in [0.1, 0.15) is 10.4 Å². The van der Waals surface area contributed by atoms with Gasteiger partial charge in [-0.25, -0.2) is 25.6 Å². The molecule has 0 saturated carbocycles. The molecule has 1 aromatic heterocycles. The highest BCUT2D eigenvalue weighted by Crippen LogP contribution is 2.27. The normalized spacial score (nSPS) is 12.2. The largest absolute Gasteiger partial charge is 0.465 e. The van der Waals surface area contributed by atoms with Crippen molar-refractivity contribution in [2.24, 2.45) is 0 Å². The molecule has 1 heterocycles. The molecule has 0 aliphatic rings. The summed E-state index contributed by atoms with van der Waals surface area (Å²) in [5.41, 5.74) is 0.444. The Balaban J connectivity index is 2.21. The van der Waals surface area contributed by atoms with Gasteiger partial charge in [0.1, 0.15) is 0 Å². The van der Waals surface area contributed by atoms with Crippen molar-refractivity contribution in [3.8, 4) is 0 Å². The number of nitrogens with zero attached hydrogens (tertiary/aromatic N) is 1. The van der Waals surface area contributed by atoms with Crippen molar-refractivity contribution in [1.82, 2.24) is 3.97 Å². The number of hydrogen-bond acceptors (Lipinski definition) is 6. The number of para-hydroxylation sites is 1. The first-order valence-corrected chi connectivity index (χ1v) is 10.7. The van der Waals surface area contributed by atoms with Crippen molar-refractivity contribution >= 4 is 36.7 Å². The molecule has 0 aliphatic carbocycles. The minimum absolute atomic E-state index is 0.0177. The lowest BCUT2D eigenvalue weighted by atomic mass is 10.2. The maximum Gasteiger partial charge on any atom is 0.340 e. The average molecular weight is 393 g/mol. The van der Waals surface area contributed by atoms with Crippen molar-refractivity contribution in [3.05, 3.63) is 60.3 Å². The minimum Gasteiger partial charge on any atom is -0.465 e. The maximum atomic E-state index is 13.0. The molecule has 0 fully saturated rings. The lowest BCUT2D eigenvalue weighted by Gasteiger charge is -2.08. The number of esters is 1. The molecule has 26 heavy (non-hydrogen) atoms. The monoisotopic (exact) mass is 393 g/mol. The lowest BCUT2D eigenvalue weighted by Crippen LogP contribution is -2.12. The highest BCUT2D eigenvalue weighted by atomic mass is 32.2. The Bertz CT molecular complexity index is 1210. The number of benzene rings is 2. The van der Waals surface area contributed by atoms with Crippen LogP contribution in [-0.4, -0.2) is 40.1 Å². The molecule has 0 amide bonds. The molecular formula is C17H15NO6S2. The zero-order valence-corrected chi connectivity index (χ0v) is 15.5. The number of ether oxygens (including phenoxy) is 1. The van der Waals surface area contributed by atoms with Crippen LogP contribution in [0.4, 0.5) is 0 Å². The Morgan fingerprint density at radius 2 is 1.50 bits per heavy atom. The Morgan fingerprint density at radius 1 is 0.923 bits per heavy atom. The van der Waals surface area contributed by atoms with Crippen molar-refractivity contribution in [2.75, 3.05) is 13.4 Å². The summed E-state index contributed by atoms with van der Waals surface area (Å²) >= 11 is 0. The fourth-order valence-electron chi connectivity index (χ4n) is 2.59. The quantitative estimate of drug-likeness (QED) is 0.629. The molecule has 0 saturated heterocycles. The number of methoxy groups -OCH3 is 1. The van der Waals surface area contributed by atoms with Gasteiger partial charge in [-0.1, -0.05) is 18.2 Å². The topological polar surface area (TPSA) is 99.5 Å². The Kier molecular flexibility index (Phi) is 4.37. The first-order valence-electron chi connectivity index (χ1n) is 7.40. The highest BCUT2D eigenvalue weighted by molar-refractivity contribution is 7.91. The molecule has 0 N–H and O–H groups in total. The minimum atomic E-state index is -4.03. The maximum absolute atomic E-state index is 13.0. The Morgan fingerprint density at radius 3 is 2.08 bits per heavy atom. The van der Waals surface area contributed by atoms with Crippen molar-refractivity contribution < 1.29 is 26.4 Å². The molecule has 136 valence electrons. The second-order valence-corrected chi connectivity index (χ2v) is 9.43. The van der Waals surface area contributed by atoms with E-state index in [9.17, 15) is 21.6 Å². The van der Waals surface area contributed by atoms with Gasteiger partial charge < -0.3 is 4.74 Å². The van der Waals surface area contributed by atoms with E-state index in [0.29, 0.717) is 10.9 Å². The van der Waals surface area contributed by atoms with Crippen LogP contribution in [0.2, 0.25) is 0 Å². The van der Waals surface area contributed by atoms with Gasteiger partial charge in [-0.2, -0.15) is 0 Å². The third kappa shape index (κ3) is 2.99. The van der Waals surface area contributed by atoms with E-state index >= 15 is 0 Å². The summed E-state index contributed by atoms with van der Waals surface area (Å²) in [6, 6.07) is 11.4. The van der Waals surface area contributed by atoms with Crippen molar-refractivity contribution in [1.29, 1.82) is 0 Å². The first-order chi connectivity index (χ1) is 12.2. The molecule has 0 radical (unpaired) electrons. The highest BCUT2D eigenvalue weighted by Gasteiger charge is 2.24. The molecule has 3 rings (SSSR count). The standard InChI is InChI=1S/C17H15NO6S2/c1-24-17(19)15-11-18(16-6-4-3-5-14(15)16)26(22,23)13-9-7-12(8-10-13)25(2,20)21/h3-11H,1-2H3. The molecule has 0 bridgehead atoms. The van der Waals surface area contributed by atoms with Crippen LogP contribution in [-0.2, 0) is 24.6 Å². The van der Waals surface area contributed by atoms with Gasteiger partial charge in [-0.3, -0.25) is 0 Å². The number of sulfone groups is 1. The van der Waals surface area contributed by atoms with Crippen LogP contribution in [0.3, 0.4) is 0 Å². The first kappa shape index (κ1) is 18.2. The van der Waals surface area contributed by atoms with Crippen molar-refractivity contribution in [3.63, 3.8) is 0 Å². The van der Waals surface area contributed by atoms with E-state index in [-0.39, 0.29) is 15.4 Å². The molecule has 0 aliphatic heterocycles. The molecule has 9 heteroatoms. The zero-order chi connectivity index (χ0) is 19.1. The third-order valence-electron chi connectivity index (χ3n) is 3.89. The SMILES string of the molecule is COC(=O)c1cn(S(=O)(=O)c2ccc(S(C)(=O)=O)cc2)c2ccccc12. The summed E-state index contributed by atoms with van der Waals surface area (Å²) in [7, 11) is -6.26. The van der Waals surface area contributed by atoms with Gasteiger partial charge in [-0.05, 0) is 30.3 Å². The smallest absolute Gasteiger partial charge is 0.340 e. The summed E-state index contributed by atoms with van der Waals surface area (Å²) < 4.78 is 54.8. The Labute approximate surface area is 150 Å². The van der Waals surface area contributed by atoms with Crippen LogP contribution >= 0.6 is 0 Å². The van der Waals surface area contributed by atoms with Crippen LogP contribution in [0.5, 0.6) is 0 Å². The zero-order valence-electron chi connectivity index (χ0n) is 13.9. The summed E-state index contributed by atoms with van der Waals surface area (Å²) in [5.74, 6) is -0.650. The predicted molar refractivity (Wildman–Crippen MR) is 95.4 cm³/mol. The van der Waals surface area contributed by atoms with Crippen molar-refractivity contribution in [2.45, 2.75) is 9.79 Å². The average Bonchev–Trinajstić information content (AvgIpc) is 3.01. The fraction of sp³-hybridized carbons (Fsp3) is 0.118. The van der Waals surface area contributed by atoms with Gasteiger partial charge >= 0.3 is 5.97 Å². The van der Waals surface area contributed by atoms with Gasteiger partial charge in [0.05, 0.1) is 28.0 Å².